The zero-order valence-corrected chi connectivity index (χ0v) is 13.5. The van der Waals surface area contributed by atoms with Crippen molar-refractivity contribution >= 4 is 21.6 Å². The molecular weight excluding hydrogens is 329 g/mol. The molecule has 0 atom stereocenters. The average Bonchev–Trinajstić information content (AvgIpc) is 2.46. The van der Waals surface area contributed by atoms with Crippen molar-refractivity contribution in [1.29, 1.82) is 5.26 Å². The van der Waals surface area contributed by atoms with Gasteiger partial charge in [0.1, 0.15) is 10.7 Å². The number of nitrogens with zero attached hydrogens (tertiary/aromatic N) is 2. The van der Waals surface area contributed by atoms with Gasteiger partial charge in [0, 0.05) is 6.54 Å². The van der Waals surface area contributed by atoms with Crippen LogP contribution >= 0.6 is 11.6 Å². The lowest BCUT2D eigenvalue weighted by Gasteiger charge is -2.30. The van der Waals surface area contributed by atoms with Crippen molar-refractivity contribution in [2.24, 2.45) is 5.92 Å². The molecule has 5 nitrogen and oxygen atoms in total. The predicted octanol–water partition coefficient (Wildman–Crippen LogP) is 1.99. The van der Waals surface area contributed by atoms with Gasteiger partial charge in [-0.3, -0.25) is 4.90 Å². The Morgan fingerprint density at radius 2 is 2.09 bits per heavy atom. The molecule has 0 aliphatic carbocycles. The zero-order chi connectivity index (χ0) is 16.2. The summed E-state index contributed by atoms with van der Waals surface area (Å²) in [6.07, 6.45) is 1.60. The molecule has 8 heteroatoms. The maximum atomic E-state index is 13.7. The van der Waals surface area contributed by atoms with Crippen LogP contribution in [0.1, 0.15) is 12.8 Å². The van der Waals surface area contributed by atoms with Gasteiger partial charge in [0.15, 0.2) is 0 Å². The minimum Gasteiger partial charge on any atom is -0.291 e. The molecule has 1 aliphatic heterocycles. The van der Waals surface area contributed by atoms with Crippen molar-refractivity contribution in [3.05, 3.63) is 29.0 Å². The van der Waals surface area contributed by atoms with E-state index in [9.17, 15) is 12.8 Å². The number of halogens is 2. The summed E-state index contributed by atoms with van der Waals surface area (Å²) in [4.78, 5) is 1.53. The lowest BCUT2D eigenvalue weighted by Crippen LogP contribution is -2.38. The second kappa shape index (κ2) is 7.38. The van der Waals surface area contributed by atoms with E-state index >= 15 is 0 Å². The van der Waals surface area contributed by atoms with E-state index < -0.39 is 20.7 Å². The molecular formula is C14H17ClFN3O2S. The van der Waals surface area contributed by atoms with Crippen molar-refractivity contribution in [1.82, 2.24) is 9.62 Å². The summed E-state index contributed by atoms with van der Waals surface area (Å²) in [7, 11) is -3.97. The summed E-state index contributed by atoms with van der Waals surface area (Å²) in [5, 5.41) is 8.51. The normalized spacial score (nSPS) is 17.3. The van der Waals surface area contributed by atoms with Gasteiger partial charge in [-0.2, -0.15) is 5.26 Å². The van der Waals surface area contributed by atoms with Crippen molar-refractivity contribution in [3.63, 3.8) is 0 Å². The van der Waals surface area contributed by atoms with Crippen molar-refractivity contribution in [3.8, 4) is 6.07 Å². The molecule has 1 saturated heterocycles. The molecule has 0 saturated carbocycles. The Morgan fingerprint density at radius 1 is 1.41 bits per heavy atom. The highest BCUT2D eigenvalue weighted by Crippen LogP contribution is 2.24. The van der Waals surface area contributed by atoms with Crippen LogP contribution in [0.5, 0.6) is 0 Å². The predicted molar refractivity (Wildman–Crippen MR) is 81.4 cm³/mol. The van der Waals surface area contributed by atoms with Gasteiger partial charge in [-0.1, -0.05) is 17.7 Å². The van der Waals surface area contributed by atoms with E-state index in [-0.39, 0.29) is 17.5 Å². The van der Waals surface area contributed by atoms with E-state index in [1.807, 2.05) is 4.90 Å². The molecule has 0 bridgehead atoms. The molecule has 1 N–H and O–H groups in total. The third kappa shape index (κ3) is 4.17. The van der Waals surface area contributed by atoms with Crippen LogP contribution in [0.15, 0.2) is 23.1 Å². The van der Waals surface area contributed by atoms with Gasteiger partial charge in [-0.15, -0.1) is 0 Å². The van der Waals surface area contributed by atoms with E-state index in [0.717, 1.165) is 32.0 Å². The van der Waals surface area contributed by atoms with Crippen LogP contribution in [-0.4, -0.2) is 39.5 Å². The van der Waals surface area contributed by atoms with Gasteiger partial charge in [0.05, 0.1) is 17.6 Å². The van der Waals surface area contributed by atoms with E-state index in [0.29, 0.717) is 6.54 Å². The van der Waals surface area contributed by atoms with E-state index in [1.54, 1.807) is 0 Å². The lowest BCUT2D eigenvalue weighted by atomic mass is 9.97. The average molecular weight is 346 g/mol. The topological polar surface area (TPSA) is 73.2 Å². The Morgan fingerprint density at radius 3 is 2.68 bits per heavy atom. The van der Waals surface area contributed by atoms with Gasteiger partial charge in [-0.05, 0) is 44.0 Å². The number of sulfonamides is 1. The quantitative estimate of drug-likeness (QED) is 0.828. The Bertz CT molecular complexity index is 647. The largest absolute Gasteiger partial charge is 0.291 e. The summed E-state index contributed by atoms with van der Waals surface area (Å²) < 4.78 is 40.5. The lowest BCUT2D eigenvalue weighted by molar-refractivity contribution is 0.204. The molecule has 0 unspecified atom stereocenters. The number of benzene rings is 1. The summed E-state index contributed by atoms with van der Waals surface area (Å²) in [5.41, 5.74) is 0. The van der Waals surface area contributed by atoms with Crippen molar-refractivity contribution in [2.45, 2.75) is 17.7 Å². The third-order valence-corrected chi connectivity index (χ3v) is 5.68. The molecule has 1 fully saturated rings. The first kappa shape index (κ1) is 17.2. The molecule has 0 spiro atoms. The number of nitrogens with one attached hydrogen (secondary N) is 1. The van der Waals surface area contributed by atoms with Gasteiger partial charge in [0.2, 0.25) is 10.0 Å². The van der Waals surface area contributed by atoms with Crippen molar-refractivity contribution in [2.75, 3.05) is 26.2 Å². The Balaban J connectivity index is 1.96. The van der Waals surface area contributed by atoms with E-state index in [2.05, 4.69) is 10.8 Å². The van der Waals surface area contributed by atoms with Crippen molar-refractivity contribution < 1.29 is 12.8 Å². The summed E-state index contributed by atoms with van der Waals surface area (Å²) in [5.74, 6) is -0.681. The highest BCUT2D eigenvalue weighted by Gasteiger charge is 2.25. The first-order chi connectivity index (χ1) is 10.4. The third-order valence-electron chi connectivity index (χ3n) is 3.75. The van der Waals surface area contributed by atoms with Crippen LogP contribution in [0.2, 0.25) is 5.02 Å². The number of nitriles is 1. The number of hydrogen-bond acceptors (Lipinski definition) is 4. The summed E-state index contributed by atoms with van der Waals surface area (Å²) >= 11 is 5.79. The smallest absolute Gasteiger partial charge is 0.244 e. The molecule has 2 rings (SSSR count). The van der Waals surface area contributed by atoms with Crippen LogP contribution in [0.3, 0.4) is 0 Å². The van der Waals surface area contributed by atoms with Gasteiger partial charge < -0.3 is 0 Å². The Kier molecular flexibility index (Phi) is 5.75. The minimum atomic E-state index is -3.97. The van der Waals surface area contributed by atoms with E-state index in [1.165, 1.54) is 12.1 Å². The zero-order valence-electron chi connectivity index (χ0n) is 11.9. The van der Waals surface area contributed by atoms with Crippen LogP contribution in [0.25, 0.3) is 0 Å². The highest BCUT2D eigenvalue weighted by atomic mass is 35.5. The molecule has 120 valence electrons. The first-order valence-corrected chi connectivity index (χ1v) is 8.83. The fourth-order valence-electron chi connectivity index (χ4n) is 2.49. The molecule has 0 amide bonds. The maximum absolute atomic E-state index is 13.7. The Labute approximate surface area is 134 Å². The van der Waals surface area contributed by atoms with E-state index in [4.69, 9.17) is 16.9 Å². The summed E-state index contributed by atoms with van der Waals surface area (Å²) in [6.45, 7) is 2.16. The fourth-order valence-corrected chi connectivity index (χ4v) is 4.20. The minimum absolute atomic E-state index is 0.128. The Hall–Kier alpha value is -1.20. The van der Waals surface area contributed by atoms with Crippen LogP contribution in [0.4, 0.5) is 4.39 Å². The number of piperidine rings is 1. The molecule has 1 aromatic rings. The monoisotopic (exact) mass is 345 g/mol. The number of likely N-dealkylation sites (tertiary alicyclic amines) is 1. The van der Waals surface area contributed by atoms with Crippen LogP contribution < -0.4 is 4.72 Å². The van der Waals surface area contributed by atoms with Crippen LogP contribution in [0, 0.1) is 23.1 Å². The van der Waals surface area contributed by atoms with Gasteiger partial charge in [-0.25, -0.2) is 17.5 Å². The second-order valence-electron chi connectivity index (χ2n) is 5.28. The molecule has 1 heterocycles. The molecule has 22 heavy (non-hydrogen) atoms. The van der Waals surface area contributed by atoms with Gasteiger partial charge >= 0.3 is 0 Å². The summed E-state index contributed by atoms with van der Waals surface area (Å²) in [6, 6.07) is 5.88. The maximum Gasteiger partial charge on any atom is 0.244 e. The fraction of sp³-hybridized carbons (Fsp3) is 0.500. The number of rotatable bonds is 5. The molecule has 1 aromatic carbocycles. The highest BCUT2D eigenvalue weighted by molar-refractivity contribution is 7.89. The molecule has 0 radical (unpaired) electrons. The SMILES string of the molecule is N#CCN1CCC(CNS(=O)(=O)c2c(F)cccc2Cl)CC1. The number of hydrogen-bond donors (Lipinski definition) is 1. The second-order valence-corrected chi connectivity index (χ2v) is 7.39. The van der Waals surface area contributed by atoms with Gasteiger partial charge in [0.25, 0.3) is 0 Å². The molecule has 1 aliphatic rings. The first-order valence-electron chi connectivity index (χ1n) is 6.97. The van der Waals surface area contributed by atoms with Crippen LogP contribution in [-0.2, 0) is 10.0 Å². The standard InChI is InChI=1S/C14H17ClFN3O2S/c15-12-2-1-3-13(16)14(12)22(20,21)18-10-11-4-7-19(8-5-11)9-6-17/h1-3,11,18H,4-5,7-10H2. The molecule has 0 aromatic heterocycles.